The summed E-state index contributed by atoms with van der Waals surface area (Å²) >= 11 is 0. The summed E-state index contributed by atoms with van der Waals surface area (Å²) in [6.07, 6.45) is 7.60. The van der Waals surface area contributed by atoms with Gasteiger partial charge in [-0.3, -0.25) is 10.5 Å². The molecule has 1 aliphatic rings. The van der Waals surface area contributed by atoms with Crippen LogP contribution in [0.5, 0.6) is 0 Å². The van der Waals surface area contributed by atoms with Gasteiger partial charge in [-0.2, -0.15) is 5.10 Å². The van der Waals surface area contributed by atoms with Gasteiger partial charge in [0.15, 0.2) is 0 Å². The number of hydrogen-bond acceptors (Lipinski definition) is 4. The summed E-state index contributed by atoms with van der Waals surface area (Å²) in [7, 11) is 0. The number of hydrazine groups is 1. The lowest BCUT2D eigenvalue weighted by Crippen LogP contribution is -2.43. The van der Waals surface area contributed by atoms with Gasteiger partial charge in [-0.15, -0.1) is 0 Å². The minimum Gasteiger partial charge on any atom is -0.346 e. The quantitative estimate of drug-likeness (QED) is 0.273. The van der Waals surface area contributed by atoms with Crippen molar-refractivity contribution in [3.63, 3.8) is 0 Å². The number of H-pyrrole nitrogens is 1. The highest BCUT2D eigenvalue weighted by atomic mass is 15.3. The minimum atomic E-state index is -0.00843. The van der Waals surface area contributed by atoms with Crippen molar-refractivity contribution >= 4 is 5.96 Å². The zero-order valence-electron chi connectivity index (χ0n) is 10.7. The molecule has 0 bridgehead atoms. The number of aliphatic imine (C=N–C) groups is 1. The molecule has 0 radical (unpaired) electrons. The zero-order chi connectivity index (χ0) is 12.8. The Bertz CT molecular complexity index is 367. The van der Waals surface area contributed by atoms with Gasteiger partial charge in [-0.05, 0) is 19.8 Å². The molecule has 1 saturated carbocycles. The molecular weight excluding hydrogens is 230 g/mol. The van der Waals surface area contributed by atoms with Crippen molar-refractivity contribution in [1.82, 2.24) is 25.9 Å². The van der Waals surface area contributed by atoms with Gasteiger partial charge >= 0.3 is 0 Å². The maximum atomic E-state index is 5.50. The summed E-state index contributed by atoms with van der Waals surface area (Å²) in [4.78, 5) is 8.71. The number of hydrogen-bond donors (Lipinski definition) is 4. The molecule has 1 atom stereocenters. The fourth-order valence-corrected chi connectivity index (χ4v) is 2.21. The predicted molar refractivity (Wildman–Crippen MR) is 69.6 cm³/mol. The Morgan fingerprint density at radius 3 is 2.89 bits per heavy atom. The van der Waals surface area contributed by atoms with E-state index in [0.717, 1.165) is 18.7 Å². The first-order chi connectivity index (χ1) is 8.79. The molecule has 5 N–H and O–H groups in total. The van der Waals surface area contributed by atoms with Crippen LogP contribution in [0.2, 0.25) is 0 Å². The summed E-state index contributed by atoms with van der Waals surface area (Å²) in [5.74, 6) is 6.88. The topological polar surface area (TPSA) is 104 Å². The SMILES string of the molecule is CC(NC(=NC1CCCCC1)NN)c1ncn[nH]1. The number of aromatic nitrogens is 3. The summed E-state index contributed by atoms with van der Waals surface area (Å²) in [6.45, 7) is 1.98. The summed E-state index contributed by atoms with van der Waals surface area (Å²) in [5, 5.41) is 9.84. The lowest BCUT2D eigenvalue weighted by Gasteiger charge is -2.20. The minimum absolute atomic E-state index is 0.00843. The Kier molecular flexibility index (Phi) is 4.52. The fourth-order valence-electron chi connectivity index (χ4n) is 2.21. The van der Waals surface area contributed by atoms with Gasteiger partial charge < -0.3 is 5.32 Å². The number of nitrogens with zero attached hydrogens (tertiary/aromatic N) is 3. The van der Waals surface area contributed by atoms with Crippen LogP contribution in [0.4, 0.5) is 0 Å². The van der Waals surface area contributed by atoms with Gasteiger partial charge in [0.2, 0.25) is 5.96 Å². The Hall–Kier alpha value is -1.63. The van der Waals surface area contributed by atoms with Crippen molar-refractivity contribution in [3.8, 4) is 0 Å². The number of aromatic amines is 1. The van der Waals surface area contributed by atoms with Crippen LogP contribution in [-0.4, -0.2) is 27.2 Å². The standard InChI is InChI=1S/C11H21N7/c1-8(10-13-7-14-18-10)15-11(17-12)16-9-5-3-2-4-6-9/h7-9H,2-6,12H2,1H3,(H,13,14,18)(H2,15,16,17). The normalized spacial score (nSPS) is 19.6. The summed E-state index contributed by atoms with van der Waals surface area (Å²) in [6, 6.07) is 0.366. The first-order valence-electron chi connectivity index (χ1n) is 6.46. The number of rotatable bonds is 3. The van der Waals surface area contributed by atoms with Crippen molar-refractivity contribution in [2.75, 3.05) is 0 Å². The fraction of sp³-hybridized carbons (Fsp3) is 0.727. The Balaban J connectivity index is 1.93. The maximum Gasteiger partial charge on any atom is 0.206 e. The van der Waals surface area contributed by atoms with E-state index in [1.54, 1.807) is 0 Å². The van der Waals surface area contributed by atoms with Crippen LogP contribution in [0.25, 0.3) is 0 Å². The molecule has 0 amide bonds. The number of nitrogens with one attached hydrogen (secondary N) is 3. The van der Waals surface area contributed by atoms with Crippen molar-refractivity contribution in [2.45, 2.75) is 51.1 Å². The van der Waals surface area contributed by atoms with E-state index in [4.69, 9.17) is 5.84 Å². The Morgan fingerprint density at radius 1 is 1.50 bits per heavy atom. The molecule has 1 unspecified atom stereocenters. The van der Waals surface area contributed by atoms with Crippen molar-refractivity contribution < 1.29 is 0 Å². The predicted octanol–water partition coefficient (Wildman–Crippen LogP) is 0.607. The van der Waals surface area contributed by atoms with Crippen molar-refractivity contribution in [3.05, 3.63) is 12.2 Å². The van der Waals surface area contributed by atoms with Gasteiger partial charge in [0.05, 0.1) is 12.1 Å². The van der Waals surface area contributed by atoms with Crippen LogP contribution in [0, 0.1) is 0 Å². The molecule has 7 heteroatoms. The van der Waals surface area contributed by atoms with Gasteiger partial charge in [0.25, 0.3) is 0 Å². The van der Waals surface area contributed by atoms with E-state index < -0.39 is 0 Å². The molecule has 1 fully saturated rings. The zero-order valence-corrected chi connectivity index (χ0v) is 10.7. The van der Waals surface area contributed by atoms with E-state index in [-0.39, 0.29) is 6.04 Å². The summed E-state index contributed by atoms with van der Waals surface area (Å²) in [5.41, 5.74) is 2.62. The third-order valence-corrected chi connectivity index (χ3v) is 3.22. The molecule has 0 spiro atoms. The molecule has 1 aromatic rings. The highest BCUT2D eigenvalue weighted by Crippen LogP contribution is 2.20. The van der Waals surface area contributed by atoms with Gasteiger partial charge in [0.1, 0.15) is 12.2 Å². The molecule has 0 aliphatic heterocycles. The monoisotopic (exact) mass is 251 g/mol. The van der Waals surface area contributed by atoms with Gasteiger partial charge in [0, 0.05) is 0 Å². The van der Waals surface area contributed by atoms with Crippen LogP contribution in [-0.2, 0) is 0 Å². The lowest BCUT2D eigenvalue weighted by molar-refractivity contribution is 0.440. The highest BCUT2D eigenvalue weighted by molar-refractivity contribution is 5.79. The van der Waals surface area contributed by atoms with E-state index in [2.05, 4.69) is 30.9 Å². The van der Waals surface area contributed by atoms with Crippen molar-refractivity contribution in [1.29, 1.82) is 0 Å². The number of nitrogens with two attached hydrogens (primary N) is 1. The molecule has 1 aromatic heterocycles. The average Bonchev–Trinajstić information content (AvgIpc) is 2.93. The third kappa shape index (κ3) is 3.43. The number of guanidine groups is 1. The first-order valence-corrected chi connectivity index (χ1v) is 6.46. The Morgan fingerprint density at radius 2 is 2.28 bits per heavy atom. The van der Waals surface area contributed by atoms with Crippen LogP contribution in [0.3, 0.4) is 0 Å². The van der Waals surface area contributed by atoms with E-state index in [9.17, 15) is 0 Å². The maximum absolute atomic E-state index is 5.50. The molecule has 18 heavy (non-hydrogen) atoms. The van der Waals surface area contributed by atoms with Crippen molar-refractivity contribution in [2.24, 2.45) is 10.8 Å². The molecule has 100 valence electrons. The molecule has 2 rings (SSSR count). The second-order valence-electron chi connectivity index (χ2n) is 4.65. The molecule has 1 heterocycles. The van der Waals surface area contributed by atoms with Crippen LogP contribution >= 0.6 is 0 Å². The molecule has 0 saturated heterocycles. The molecule has 7 nitrogen and oxygen atoms in total. The van der Waals surface area contributed by atoms with Crippen LogP contribution < -0.4 is 16.6 Å². The van der Waals surface area contributed by atoms with E-state index in [1.165, 1.54) is 25.6 Å². The Labute approximate surface area is 107 Å². The largest absolute Gasteiger partial charge is 0.346 e. The van der Waals surface area contributed by atoms with E-state index in [1.807, 2.05) is 6.92 Å². The van der Waals surface area contributed by atoms with Gasteiger partial charge in [-0.1, -0.05) is 19.3 Å². The highest BCUT2D eigenvalue weighted by Gasteiger charge is 2.15. The van der Waals surface area contributed by atoms with E-state index in [0.29, 0.717) is 12.0 Å². The first kappa shape index (κ1) is 12.8. The van der Waals surface area contributed by atoms with Gasteiger partial charge in [-0.25, -0.2) is 15.8 Å². The van der Waals surface area contributed by atoms with Crippen LogP contribution in [0.1, 0.15) is 50.9 Å². The average molecular weight is 251 g/mol. The van der Waals surface area contributed by atoms with Crippen LogP contribution in [0.15, 0.2) is 11.3 Å². The molecule has 0 aromatic carbocycles. The lowest BCUT2D eigenvalue weighted by atomic mass is 9.96. The smallest absolute Gasteiger partial charge is 0.206 e. The van der Waals surface area contributed by atoms with E-state index >= 15 is 0 Å². The molecular formula is C11H21N7. The third-order valence-electron chi connectivity index (χ3n) is 3.22. The molecule has 1 aliphatic carbocycles. The summed E-state index contributed by atoms with van der Waals surface area (Å²) < 4.78 is 0. The second kappa shape index (κ2) is 6.34. The second-order valence-corrected chi connectivity index (χ2v) is 4.65.